The maximum Gasteiger partial charge on any atom is 0.161 e. The third kappa shape index (κ3) is 3.11. The lowest BCUT2D eigenvalue weighted by atomic mass is 10.0. The van der Waals surface area contributed by atoms with Crippen LogP contribution in [0.25, 0.3) is 0 Å². The van der Waals surface area contributed by atoms with Crippen LogP contribution in [-0.4, -0.2) is 29.1 Å². The van der Waals surface area contributed by atoms with E-state index in [1.54, 1.807) is 20.4 Å². The number of aryl methyl sites for hydroxylation is 2. The summed E-state index contributed by atoms with van der Waals surface area (Å²) in [5, 5.41) is 14.4. The lowest BCUT2D eigenvalue weighted by molar-refractivity contribution is 0.166. The van der Waals surface area contributed by atoms with Crippen LogP contribution < -0.4 is 9.47 Å². The standard InChI is InChI=1S/C15H20N2O3/c1-17-12(8-9-16-17)5-6-13(18)11-4-7-14(19-2)15(10-11)20-3/h4,7-10,13,18H,5-6H2,1-3H3. The second-order valence-corrected chi connectivity index (χ2v) is 4.62. The molecule has 1 atom stereocenters. The zero-order valence-electron chi connectivity index (χ0n) is 12.0. The number of aromatic nitrogens is 2. The van der Waals surface area contributed by atoms with E-state index in [2.05, 4.69) is 5.10 Å². The number of ether oxygens (including phenoxy) is 2. The van der Waals surface area contributed by atoms with Gasteiger partial charge in [0.2, 0.25) is 0 Å². The van der Waals surface area contributed by atoms with Crippen molar-refractivity contribution in [1.29, 1.82) is 0 Å². The van der Waals surface area contributed by atoms with Gasteiger partial charge >= 0.3 is 0 Å². The molecule has 0 fully saturated rings. The van der Waals surface area contributed by atoms with Crippen LogP contribution in [0.4, 0.5) is 0 Å². The predicted octanol–water partition coefficient (Wildman–Crippen LogP) is 2.10. The van der Waals surface area contributed by atoms with Crippen molar-refractivity contribution < 1.29 is 14.6 Å². The van der Waals surface area contributed by atoms with Crippen molar-refractivity contribution in [2.75, 3.05) is 14.2 Å². The van der Waals surface area contributed by atoms with Gasteiger partial charge in [-0.2, -0.15) is 5.10 Å². The van der Waals surface area contributed by atoms with Crippen molar-refractivity contribution in [2.24, 2.45) is 7.05 Å². The molecule has 2 aromatic rings. The van der Waals surface area contributed by atoms with Crippen LogP contribution in [0.1, 0.15) is 23.8 Å². The van der Waals surface area contributed by atoms with Crippen LogP contribution in [0.3, 0.4) is 0 Å². The maximum absolute atomic E-state index is 10.3. The Bertz CT molecular complexity index is 566. The van der Waals surface area contributed by atoms with Gasteiger partial charge in [-0.05, 0) is 36.6 Å². The van der Waals surface area contributed by atoms with Crippen LogP contribution in [0.2, 0.25) is 0 Å². The number of hydrogen-bond acceptors (Lipinski definition) is 4. The van der Waals surface area contributed by atoms with E-state index in [0.717, 1.165) is 17.7 Å². The van der Waals surface area contributed by atoms with E-state index in [4.69, 9.17) is 9.47 Å². The van der Waals surface area contributed by atoms with Crippen LogP contribution >= 0.6 is 0 Å². The highest BCUT2D eigenvalue weighted by Crippen LogP contribution is 2.31. The first-order valence-corrected chi connectivity index (χ1v) is 6.52. The molecule has 0 spiro atoms. The van der Waals surface area contributed by atoms with Gasteiger partial charge in [0.05, 0.1) is 20.3 Å². The average molecular weight is 276 g/mol. The number of aliphatic hydroxyl groups is 1. The molecule has 1 N–H and O–H groups in total. The van der Waals surface area contributed by atoms with Crippen molar-refractivity contribution in [3.05, 3.63) is 41.7 Å². The summed E-state index contributed by atoms with van der Waals surface area (Å²) in [6, 6.07) is 7.44. The summed E-state index contributed by atoms with van der Waals surface area (Å²) in [5.74, 6) is 1.29. The average Bonchev–Trinajstić information content (AvgIpc) is 2.89. The largest absolute Gasteiger partial charge is 0.493 e. The van der Waals surface area contributed by atoms with Crippen LogP contribution in [0, 0.1) is 0 Å². The van der Waals surface area contributed by atoms with Crippen LogP contribution in [0.5, 0.6) is 11.5 Å². The molecule has 5 nitrogen and oxygen atoms in total. The first-order chi connectivity index (χ1) is 9.65. The van der Waals surface area contributed by atoms with Gasteiger partial charge in [-0.3, -0.25) is 4.68 Å². The summed E-state index contributed by atoms with van der Waals surface area (Å²) in [5.41, 5.74) is 1.93. The Hall–Kier alpha value is -2.01. The summed E-state index contributed by atoms with van der Waals surface area (Å²) in [4.78, 5) is 0. The molecule has 1 unspecified atom stereocenters. The molecule has 20 heavy (non-hydrogen) atoms. The number of methoxy groups -OCH3 is 2. The quantitative estimate of drug-likeness (QED) is 0.878. The van der Waals surface area contributed by atoms with Gasteiger partial charge in [0.25, 0.3) is 0 Å². The minimum atomic E-state index is -0.537. The molecule has 1 aromatic heterocycles. The highest BCUT2D eigenvalue weighted by molar-refractivity contribution is 5.43. The minimum absolute atomic E-state index is 0.537. The fraction of sp³-hybridized carbons (Fsp3) is 0.400. The van der Waals surface area contributed by atoms with E-state index in [1.165, 1.54) is 0 Å². The fourth-order valence-corrected chi connectivity index (χ4v) is 2.16. The van der Waals surface area contributed by atoms with Crippen LogP contribution in [-0.2, 0) is 13.5 Å². The third-order valence-electron chi connectivity index (χ3n) is 3.39. The molecule has 0 saturated heterocycles. The molecule has 0 amide bonds. The number of nitrogens with zero attached hydrogens (tertiary/aromatic N) is 2. The Kier molecular flexibility index (Phi) is 4.63. The molecule has 2 rings (SSSR count). The number of hydrogen-bond donors (Lipinski definition) is 1. The van der Waals surface area contributed by atoms with Gasteiger partial charge in [0, 0.05) is 18.9 Å². The summed E-state index contributed by atoms with van der Waals surface area (Å²) in [6.07, 6.45) is 2.63. The summed E-state index contributed by atoms with van der Waals surface area (Å²) >= 11 is 0. The third-order valence-corrected chi connectivity index (χ3v) is 3.39. The van der Waals surface area contributed by atoms with E-state index in [-0.39, 0.29) is 0 Å². The zero-order chi connectivity index (χ0) is 14.5. The molecule has 0 aliphatic carbocycles. The molecule has 108 valence electrons. The number of benzene rings is 1. The second kappa shape index (κ2) is 6.43. The Morgan fingerprint density at radius 3 is 2.55 bits per heavy atom. The molecule has 1 heterocycles. The number of aliphatic hydroxyl groups excluding tert-OH is 1. The molecule has 1 aromatic carbocycles. The van der Waals surface area contributed by atoms with Gasteiger partial charge in [0.15, 0.2) is 11.5 Å². The molecular formula is C15H20N2O3. The van der Waals surface area contributed by atoms with Crippen molar-refractivity contribution in [3.63, 3.8) is 0 Å². The zero-order valence-corrected chi connectivity index (χ0v) is 12.0. The van der Waals surface area contributed by atoms with Crippen LogP contribution in [0.15, 0.2) is 30.5 Å². The van der Waals surface area contributed by atoms with E-state index < -0.39 is 6.10 Å². The lowest BCUT2D eigenvalue weighted by Gasteiger charge is -2.14. The molecule has 0 aliphatic rings. The Morgan fingerprint density at radius 1 is 1.20 bits per heavy atom. The maximum atomic E-state index is 10.3. The van der Waals surface area contributed by atoms with Crippen molar-refractivity contribution in [2.45, 2.75) is 18.9 Å². The SMILES string of the molecule is COc1ccc(C(O)CCc2ccnn2C)cc1OC. The highest BCUT2D eigenvalue weighted by atomic mass is 16.5. The molecule has 0 bridgehead atoms. The summed E-state index contributed by atoms with van der Waals surface area (Å²) in [7, 11) is 5.08. The molecule has 5 heteroatoms. The van der Waals surface area contributed by atoms with E-state index >= 15 is 0 Å². The van der Waals surface area contributed by atoms with Gasteiger partial charge in [-0.1, -0.05) is 6.07 Å². The first kappa shape index (κ1) is 14.4. The Labute approximate surface area is 118 Å². The topological polar surface area (TPSA) is 56.5 Å². The lowest BCUT2D eigenvalue weighted by Crippen LogP contribution is -2.04. The summed E-state index contributed by atoms with van der Waals surface area (Å²) < 4.78 is 12.3. The highest BCUT2D eigenvalue weighted by Gasteiger charge is 2.12. The van der Waals surface area contributed by atoms with Gasteiger partial charge in [0.1, 0.15) is 0 Å². The van der Waals surface area contributed by atoms with Gasteiger partial charge in [-0.25, -0.2) is 0 Å². The Balaban J connectivity index is 2.05. The monoisotopic (exact) mass is 276 g/mol. The Morgan fingerprint density at radius 2 is 1.95 bits per heavy atom. The molecular weight excluding hydrogens is 256 g/mol. The molecule has 0 saturated carbocycles. The molecule has 0 radical (unpaired) electrons. The van der Waals surface area contributed by atoms with E-state index in [1.807, 2.05) is 36.0 Å². The van der Waals surface area contributed by atoms with Gasteiger partial charge < -0.3 is 14.6 Å². The smallest absolute Gasteiger partial charge is 0.161 e. The van der Waals surface area contributed by atoms with Gasteiger partial charge in [-0.15, -0.1) is 0 Å². The van der Waals surface area contributed by atoms with E-state index in [0.29, 0.717) is 17.9 Å². The second-order valence-electron chi connectivity index (χ2n) is 4.62. The minimum Gasteiger partial charge on any atom is -0.493 e. The van der Waals surface area contributed by atoms with Crippen molar-refractivity contribution >= 4 is 0 Å². The van der Waals surface area contributed by atoms with E-state index in [9.17, 15) is 5.11 Å². The number of rotatable bonds is 6. The summed E-state index contributed by atoms with van der Waals surface area (Å²) in [6.45, 7) is 0. The van der Waals surface area contributed by atoms with Crippen molar-refractivity contribution in [1.82, 2.24) is 9.78 Å². The van der Waals surface area contributed by atoms with Crippen molar-refractivity contribution in [3.8, 4) is 11.5 Å². The normalized spacial score (nSPS) is 12.2. The molecule has 0 aliphatic heterocycles. The first-order valence-electron chi connectivity index (χ1n) is 6.52. The predicted molar refractivity (Wildman–Crippen MR) is 76.0 cm³/mol. The fourth-order valence-electron chi connectivity index (χ4n) is 2.16.